The third-order valence-corrected chi connectivity index (χ3v) is 3.04. The van der Waals surface area contributed by atoms with Gasteiger partial charge in [-0.15, -0.1) is 0 Å². The molecule has 0 bridgehead atoms. The standard InChI is InChI=1S/C17H16N2O2/c1-3-14(13-7-5-4-6-8-13)12(2)19-16-11-18-10-9-15(16)17(20)21/h3-11,19H,2H2,1H3,(H,20,21)/b14-3+. The number of carbonyl (C=O) groups is 1. The van der Waals surface area contributed by atoms with Gasteiger partial charge < -0.3 is 10.4 Å². The fourth-order valence-electron chi connectivity index (χ4n) is 2.04. The molecular weight excluding hydrogens is 264 g/mol. The van der Waals surface area contributed by atoms with Gasteiger partial charge in [0.2, 0.25) is 0 Å². The minimum absolute atomic E-state index is 0.162. The average Bonchev–Trinajstić information content (AvgIpc) is 2.49. The molecule has 0 radical (unpaired) electrons. The Hall–Kier alpha value is -2.88. The number of carboxylic acids is 1. The fraction of sp³-hybridized carbons (Fsp3) is 0.0588. The smallest absolute Gasteiger partial charge is 0.337 e. The number of pyridine rings is 1. The van der Waals surface area contributed by atoms with Gasteiger partial charge in [-0.1, -0.05) is 43.0 Å². The number of rotatable bonds is 5. The molecular formula is C17H16N2O2. The van der Waals surface area contributed by atoms with Crippen LogP contribution >= 0.6 is 0 Å². The molecule has 4 heteroatoms. The maximum Gasteiger partial charge on any atom is 0.337 e. The van der Waals surface area contributed by atoms with E-state index in [1.165, 1.54) is 18.5 Å². The van der Waals surface area contributed by atoms with Gasteiger partial charge in [0.15, 0.2) is 0 Å². The summed E-state index contributed by atoms with van der Waals surface area (Å²) in [5.74, 6) is -1.01. The van der Waals surface area contributed by atoms with Crippen molar-refractivity contribution >= 4 is 17.2 Å². The number of aromatic nitrogens is 1. The van der Waals surface area contributed by atoms with Crippen LogP contribution in [0.15, 0.2) is 67.1 Å². The zero-order valence-electron chi connectivity index (χ0n) is 11.7. The highest BCUT2D eigenvalue weighted by atomic mass is 16.4. The molecule has 0 amide bonds. The van der Waals surface area contributed by atoms with Gasteiger partial charge in [0.05, 0.1) is 17.4 Å². The molecule has 0 aliphatic rings. The zero-order chi connectivity index (χ0) is 15.2. The van der Waals surface area contributed by atoms with Gasteiger partial charge in [0.1, 0.15) is 0 Å². The Morgan fingerprint density at radius 3 is 2.62 bits per heavy atom. The van der Waals surface area contributed by atoms with E-state index in [0.717, 1.165) is 11.1 Å². The molecule has 0 unspecified atom stereocenters. The number of carboxylic acid groups (broad SMARTS) is 1. The molecule has 4 nitrogen and oxygen atoms in total. The molecule has 0 aliphatic carbocycles. The first kappa shape index (κ1) is 14.5. The van der Waals surface area contributed by atoms with Gasteiger partial charge in [0.25, 0.3) is 0 Å². The molecule has 106 valence electrons. The summed E-state index contributed by atoms with van der Waals surface area (Å²) in [7, 11) is 0. The monoisotopic (exact) mass is 280 g/mol. The van der Waals surface area contributed by atoms with Crippen LogP contribution in [-0.2, 0) is 0 Å². The van der Waals surface area contributed by atoms with Crippen LogP contribution in [-0.4, -0.2) is 16.1 Å². The number of hydrogen-bond acceptors (Lipinski definition) is 3. The minimum atomic E-state index is -1.01. The Kier molecular flexibility index (Phi) is 4.51. The third-order valence-electron chi connectivity index (χ3n) is 3.04. The first-order valence-electron chi connectivity index (χ1n) is 6.49. The number of nitrogens with one attached hydrogen (secondary N) is 1. The van der Waals surface area contributed by atoms with Crippen molar-refractivity contribution < 1.29 is 9.90 Å². The van der Waals surface area contributed by atoms with Crippen molar-refractivity contribution in [1.29, 1.82) is 0 Å². The van der Waals surface area contributed by atoms with E-state index in [-0.39, 0.29) is 5.56 Å². The summed E-state index contributed by atoms with van der Waals surface area (Å²) in [6.07, 6.45) is 4.86. The number of benzene rings is 1. The molecule has 0 spiro atoms. The van der Waals surface area contributed by atoms with Gasteiger partial charge in [-0.05, 0) is 18.6 Å². The van der Waals surface area contributed by atoms with E-state index < -0.39 is 5.97 Å². The Morgan fingerprint density at radius 1 is 1.29 bits per heavy atom. The Morgan fingerprint density at radius 2 is 2.00 bits per heavy atom. The number of anilines is 1. The minimum Gasteiger partial charge on any atom is -0.478 e. The molecule has 1 heterocycles. The van der Waals surface area contributed by atoms with Crippen LogP contribution in [0.2, 0.25) is 0 Å². The van der Waals surface area contributed by atoms with Crippen LogP contribution < -0.4 is 5.32 Å². The van der Waals surface area contributed by atoms with E-state index in [9.17, 15) is 9.90 Å². The molecule has 0 saturated heterocycles. The van der Waals surface area contributed by atoms with Crippen molar-refractivity contribution in [2.75, 3.05) is 5.32 Å². The SMILES string of the molecule is C=C(Nc1cnccc1C(=O)O)/C(=C\C)c1ccccc1. The number of nitrogens with zero attached hydrogens (tertiary/aromatic N) is 1. The second-order valence-electron chi connectivity index (χ2n) is 4.40. The zero-order valence-corrected chi connectivity index (χ0v) is 11.7. The Balaban J connectivity index is 2.28. The Bertz CT molecular complexity index is 691. The number of hydrogen-bond donors (Lipinski definition) is 2. The molecule has 1 aromatic carbocycles. The summed E-state index contributed by atoms with van der Waals surface area (Å²) in [6, 6.07) is 11.2. The van der Waals surface area contributed by atoms with Gasteiger partial charge in [-0.25, -0.2) is 4.79 Å². The highest BCUT2D eigenvalue weighted by Crippen LogP contribution is 2.24. The van der Waals surface area contributed by atoms with Crippen LogP contribution in [0.1, 0.15) is 22.8 Å². The van der Waals surface area contributed by atoms with Gasteiger partial charge in [-0.3, -0.25) is 4.98 Å². The van der Waals surface area contributed by atoms with Crippen molar-refractivity contribution in [2.45, 2.75) is 6.92 Å². The summed E-state index contributed by atoms with van der Waals surface area (Å²) in [6.45, 7) is 5.91. The van der Waals surface area contributed by atoms with E-state index >= 15 is 0 Å². The van der Waals surface area contributed by atoms with Crippen LogP contribution in [0.4, 0.5) is 5.69 Å². The molecule has 0 saturated carbocycles. The summed E-state index contributed by atoms with van der Waals surface area (Å²) < 4.78 is 0. The second-order valence-corrected chi connectivity index (χ2v) is 4.40. The highest BCUT2D eigenvalue weighted by molar-refractivity contribution is 5.95. The van der Waals surface area contributed by atoms with Crippen molar-refractivity contribution in [1.82, 2.24) is 4.98 Å². The van der Waals surface area contributed by atoms with E-state index in [4.69, 9.17) is 0 Å². The topological polar surface area (TPSA) is 62.2 Å². The lowest BCUT2D eigenvalue weighted by atomic mass is 10.0. The summed E-state index contributed by atoms with van der Waals surface area (Å²) in [5.41, 5.74) is 3.13. The van der Waals surface area contributed by atoms with E-state index in [1.54, 1.807) is 0 Å². The van der Waals surface area contributed by atoms with Gasteiger partial charge in [0, 0.05) is 17.5 Å². The maximum atomic E-state index is 11.2. The van der Waals surface area contributed by atoms with Gasteiger partial charge in [-0.2, -0.15) is 0 Å². The summed E-state index contributed by atoms with van der Waals surface area (Å²) >= 11 is 0. The molecule has 0 aliphatic heterocycles. The number of aromatic carboxylic acids is 1. The maximum absolute atomic E-state index is 11.2. The van der Waals surface area contributed by atoms with Crippen molar-refractivity contribution in [3.05, 3.63) is 78.3 Å². The molecule has 2 aromatic rings. The molecule has 2 N–H and O–H groups in total. The van der Waals surface area contributed by atoms with E-state index in [0.29, 0.717) is 11.4 Å². The predicted octanol–water partition coefficient (Wildman–Crippen LogP) is 3.81. The fourth-order valence-corrected chi connectivity index (χ4v) is 2.04. The molecule has 0 fully saturated rings. The third kappa shape index (κ3) is 3.36. The molecule has 2 rings (SSSR count). The largest absolute Gasteiger partial charge is 0.478 e. The summed E-state index contributed by atoms with van der Waals surface area (Å²) in [5, 5.41) is 12.2. The summed E-state index contributed by atoms with van der Waals surface area (Å²) in [4.78, 5) is 15.2. The molecule has 0 atom stereocenters. The van der Waals surface area contributed by atoms with E-state index in [1.807, 2.05) is 43.3 Å². The second kappa shape index (κ2) is 6.52. The van der Waals surface area contributed by atoms with Crippen molar-refractivity contribution in [3.8, 4) is 0 Å². The van der Waals surface area contributed by atoms with Crippen LogP contribution in [0, 0.1) is 0 Å². The average molecular weight is 280 g/mol. The molecule has 21 heavy (non-hydrogen) atoms. The Labute approximate surface area is 123 Å². The first-order chi connectivity index (χ1) is 10.1. The lowest BCUT2D eigenvalue weighted by Crippen LogP contribution is -2.07. The van der Waals surface area contributed by atoms with E-state index in [2.05, 4.69) is 16.9 Å². The number of allylic oxidation sites excluding steroid dienone is 2. The highest BCUT2D eigenvalue weighted by Gasteiger charge is 2.12. The van der Waals surface area contributed by atoms with Crippen LogP contribution in [0.3, 0.4) is 0 Å². The normalized spacial score (nSPS) is 11.0. The van der Waals surface area contributed by atoms with Crippen molar-refractivity contribution in [2.24, 2.45) is 0 Å². The van der Waals surface area contributed by atoms with Crippen LogP contribution in [0.5, 0.6) is 0 Å². The predicted molar refractivity (Wildman–Crippen MR) is 84.1 cm³/mol. The van der Waals surface area contributed by atoms with Gasteiger partial charge >= 0.3 is 5.97 Å². The quantitative estimate of drug-likeness (QED) is 0.817. The van der Waals surface area contributed by atoms with Crippen molar-refractivity contribution in [3.63, 3.8) is 0 Å². The lowest BCUT2D eigenvalue weighted by molar-refractivity contribution is 0.0698. The first-order valence-corrected chi connectivity index (χ1v) is 6.49. The van der Waals surface area contributed by atoms with Crippen LogP contribution in [0.25, 0.3) is 5.57 Å². The lowest BCUT2D eigenvalue weighted by Gasteiger charge is -2.14. The molecule has 1 aromatic heterocycles.